The zero-order valence-corrected chi connectivity index (χ0v) is 22.9. The molecule has 0 unspecified atom stereocenters. The van der Waals surface area contributed by atoms with E-state index in [4.69, 9.17) is 8.85 Å². The average molecular weight is 481 g/mol. The van der Waals surface area contributed by atoms with E-state index in [1.54, 1.807) is 0 Å². The number of benzene rings is 2. The maximum absolute atomic E-state index is 6.78. The Morgan fingerprint density at radius 2 is 1.03 bits per heavy atom. The summed E-state index contributed by atoms with van der Waals surface area (Å²) in [5, 5.41) is 2.40. The van der Waals surface area contributed by atoms with Crippen LogP contribution in [0.15, 0.2) is 72.8 Å². The predicted octanol–water partition coefficient (Wildman–Crippen LogP) is 7.94. The van der Waals surface area contributed by atoms with Gasteiger partial charge in [0.15, 0.2) is 0 Å². The molecular weight excluding hydrogens is 432 g/mol. The van der Waals surface area contributed by atoms with E-state index in [1.807, 2.05) is 0 Å². The number of hydrogen-bond acceptors (Lipinski definition) is 2. The Morgan fingerprint density at radius 3 is 1.53 bits per heavy atom. The minimum Gasteiger partial charge on any atom is -0.388 e. The van der Waals surface area contributed by atoms with Gasteiger partial charge >= 0.3 is 8.56 Å². The molecule has 0 amide bonds. The van der Waals surface area contributed by atoms with E-state index in [2.05, 4.69) is 86.7 Å². The van der Waals surface area contributed by atoms with Gasteiger partial charge < -0.3 is 8.85 Å². The zero-order valence-electron chi connectivity index (χ0n) is 21.9. The Labute approximate surface area is 211 Å². The SMILES string of the molecule is CC/C=C\CCO[Si](OCCCCCCCCCCCCC)(c1ccccc1)c1ccccc1. The largest absolute Gasteiger partial charge is 0.407 e. The first-order valence-corrected chi connectivity index (χ1v) is 15.7. The van der Waals surface area contributed by atoms with Gasteiger partial charge in [-0.3, -0.25) is 0 Å². The highest BCUT2D eigenvalue weighted by atomic mass is 28.4. The molecule has 0 fully saturated rings. The average Bonchev–Trinajstić information content (AvgIpc) is 2.89. The quantitative estimate of drug-likeness (QED) is 0.109. The molecule has 2 aromatic carbocycles. The van der Waals surface area contributed by atoms with Gasteiger partial charge in [0.1, 0.15) is 0 Å². The van der Waals surface area contributed by atoms with Gasteiger partial charge in [-0.05, 0) is 29.6 Å². The van der Waals surface area contributed by atoms with Crippen LogP contribution in [0.5, 0.6) is 0 Å². The van der Waals surface area contributed by atoms with Crippen molar-refractivity contribution < 1.29 is 8.85 Å². The van der Waals surface area contributed by atoms with E-state index in [0.29, 0.717) is 6.61 Å². The highest BCUT2D eigenvalue weighted by molar-refractivity contribution is 6.92. The molecular formula is C31H48O2Si. The molecule has 2 rings (SSSR count). The summed E-state index contributed by atoms with van der Waals surface area (Å²) in [6.07, 6.45) is 21.2. The van der Waals surface area contributed by atoms with Crippen LogP contribution in [0.3, 0.4) is 0 Å². The fourth-order valence-corrected chi connectivity index (χ4v) is 7.58. The Balaban J connectivity index is 1.89. The number of allylic oxidation sites excluding steroid dienone is 1. The maximum atomic E-state index is 6.78. The number of hydrogen-bond donors (Lipinski definition) is 0. The first-order valence-electron chi connectivity index (χ1n) is 13.9. The molecule has 34 heavy (non-hydrogen) atoms. The van der Waals surface area contributed by atoms with Gasteiger partial charge in [-0.2, -0.15) is 0 Å². The highest BCUT2D eigenvalue weighted by Crippen LogP contribution is 2.14. The zero-order chi connectivity index (χ0) is 24.2. The molecule has 0 saturated heterocycles. The van der Waals surface area contributed by atoms with Crippen molar-refractivity contribution in [3.63, 3.8) is 0 Å². The van der Waals surface area contributed by atoms with Gasteiger partial charge in [-0.15, -0.1) is 0 Å². The van der Waals surface area contributed by atoms with Crippen LogP contribution < -0.4 is 10.4 Å². The first-order chi connectivity index (χ1) is 16.8. The Bertz CT molecular complexity index is 705. The molecule has 0 atom stereocenters. The summed E-state index contributed by atoms with van der Waals surface area (Å²) in [5.74, 6) is 0. The molecule has 0 saturated carbocycles. The second kappa shape index (κ2) is 18.6. The lowest BCUT2D eigenvalue weighted by molar-refractivity contribution is 0.190. The molecule has 0 radical (unpaired) electrons. The summed E-state index contributed by atoms with van der Waals surface area (Å²) >= 11 is 0. The van der Waals surface area contributed by atoms with Crippen molar-refractivity contribution >= 4 is 18.9 Å². The van der Waals surface area contributed by atoms with Crippen LogP contribution in [0.25, 0.3) is 0 Å². The summed E-state index contributed by atoms with van der Waals surface area (Å²) < 4.78 is 13.5. The number of rotatable bonds is 20. The Kier molecular flexibility index (Phi) is 15.6. The Morgan fingerprint density at radius 1 is 0.559 bits per heavy atom. The molecule has 0 aliphatic heterocycles. The Hall–Kier alpha value is -1.68. The third-order valence-corrected chi connectivity index (χ3v) is 9.76. The standard InChI is InChI=1S/C31H48O2Si/c1-3-5-7-9-10-11-12-13-14-15-23-29-33-34(30-24-18-16-19-25-30,31-26-20-17-21-27-31)32-28-22-8-6-4-2/h6,8,16-21,24-27H,3-5,7,9-15,22-23,28-29H2,1-2H3/b8-6-. The van der Waals surface area contributed by atoms with E-state index < -0.39 is 8.56 Å². The van der Waals surface area contributed by atoms with E-state index in [0.717, 1.165) is 25.9 Å². The van der Waals surface area contributed by atoms with Crippen LogP contribution >= 0.6 is 0 Å². The molecule has 0 aromatic heterocycles. The smallest absolute Gasteiger partial charge is 0.388 e. The minimum absolute atomic E-state index is 0.685. The van der Waals surface area contributed by atoms with Gasteiger partial charge in [-0.1, -0.05) is 151 Å². The first kappa shape index (κ1) is 28.6. The van der Waals surface area contributed by atoms with Crippen molar-refractivity contribution in [3.05, 3.63) is 72.8 Å². The second-order valence-corrected chi connectivity index (χ2v) is 12.2. The molecule has 0 bridgehead atoms. The molecule has 0 spiro atoms. The van der Waals surface area contributed by atoms with Crippen molar-refractivity contribution in [2.24, 2.45) is 0 Å². The minimum atomic E-state index is -2.74. The van der Waals surface area contributed by atoms with Crippen LogP contribution in [0.1, 0.15) is 97.3 Å². The van der Waals surface area contributed by atoms with Crippen LogP contribution in [0.4, 0.5) is 0 Å². The van der Waals surface area contributed by atoms with Gasteiger partial charge in [0, 0.05) is 13.2 Å². The summed E-state index contributed by atoms with van der Waals surface area (Å²) in [7, 11) is -2.74. The lowest BCUT2D eigenvalue weighted by Crippen LogP contribution is -2.63. The van der Waals surface area contributed by atoms with Gasteiger partial charge in [0.05, 0.1) is 0 Å². The van der Waals surface area contributed by atoms with Crippen LogP contribution in [-0.2, 0) is 8.85 Å². The van der Waals surface area contributed by atoms with Gasteiger partial charge in [0.2, 0.25) is 0 Å². The van der Waals surface area contributed by atoms with Crippen LogP contribution in [-0.4, -0.2) is 21.8 Å². The van der Waals surface area contributed by atoms with Gasteiger partial charge in [0.25, 0.3) is 0 Å². The highest BCUT2D eigenvalue weighted by Gasteiger charge is 2.42. The van der Waals surface area contributed by atoms with E-state index in [1.165, 1.54) is 74.6 Å². The predicted molar refractivity (Wildman–Crippen MR) is 150 cm³/mol. The fourth-order valence-electron chi connectivity index (χ4n) is 4.39. The van der Waals surface area contributed by atoms with Gasteiger partial charge in [-0.25, -0.2) is 0 Å². The molecule has 0 N–H and O–H groups in total. The van der Waals surface area contributed by atoms with Crippen molar-refractivity contribution in [2.45, 2.75) is 97.3 Å². The summed E-state index contributed by atoms with van der Waals surface area (Å²) in [4.78, 5) is 0. The molecule has 0 aliphatic rings. The summed E-state index contributed by atoms with van der Waals surface area (Å²) in [6, 6.07) is 21.3. The number of unbranched alkanes of at least 4 members (excludes halogenated alkanes) is 10. The lowest BCUT2D eigenvalue weighted by atomic mass is 10.1. The summed E-state index contributed by atoms with van der Waals surface area (Å²) in [6.45, 7) is 5.90. The molecule has 0 heterocycles. The van der Waals surface area contributed by atoms with Crippen LogP contribution in [0.2, 0.25) is 0 Å². The monoisotopic (exact) mass is 480 g/mol. The lowest BCUT2D eigenvalue weighted by Gasteiger charge is -2.31. The van der Waals surface area contributed by atoms with Crippen molar-refractivity contribution in [1.29, 1.82) is 0 Å². The molecule has 2 nitrogen and oxygen atoms in total. The third-order valence-electron chi connectivity index (χ3n) is 6.35. The molecule has 0 aliphatic carbocycles. The normalized spacial score (nSPS) is 11.9. The fraction of sp³-hybridized carbons (Fsp3) is 0.548. The molecule has 2 aromatic rings. The second-order valence-electron chi connectivity index (χ2n) is 9.25. The van der Waals surface area contributed by atoms with E-state index >= 15 is 0 Å². The molecule has 3 heteroatoms. The summed E-state index contributed by atoms with van der Waals surface area (Å²) in [5.41, 5.74) is 0. The van der Waals surface area contributed by atoms with Crippen molar-refractivity contribution in [3.8, 4) is 0 Å². The topological polar surface area (TPSA) is 18.5 Å². The van der Waals surface area contributed by atoms with Crippen molar-refractivity contribution in [1.82, 2.24) is 0 Å². The van der Waals surface area contributed by atoms with E-state index in [-0.39, 0.29) is 0 Å². The van der Waals surface area contributed by atoms with Crippen molar-refractivity contribution in [2.75, 3.05) is 13.2 Å². The van der Waals surface area contributed by atoms with E-state index in [9.17, 15) is 0 Å². The third kappa shape index (κ3) is 10.7. The molecule has 188 valence electrons. The van der Waals surface area contributed by atoms with Crippen LogP contribution in [0, 0.1) is 0 Å². The maximum Gasteiger partial charge on any atom is 0.407 e.